The molecular weight excluding hydrogens is 420 g/mol. The van der Waals surface area contributed by atoms with E-state index in [1.807, 2.05) is 93.6 Å². The van der Waals surface area contributed by atoms with Gasteiger partial charge in [-0.15, -0.1) is 11.8 Å². The van der Waals surface area contributed by atoms with E-state index < -0.39 is 0 Å². The first-order valence-electron chi connectivity index (χ1n) is 10.7. The summed E-state index contributed by atoms with van der Waals surface area (Å²) >= 11 is 1.48. The number of amides is 2. The number of aryl methyl sites for hydroxylation is 1. The maximum absolute atomic E-state index is 12.8. The predicted octanol–water partition coefficient (Wildman–Crippen LogP) is 6.16. The Balaban J connectivity index is 1.62. The van der Waals surface area contributed by atoms with Crippen LogP contribution in [0.2, 0.25) is 0 Å². The second kappa shape index (κ2) is 11.4. The molecule has 0 bridgehead atoms. The minimum absolute atomic E-state index is 0.0595. The minimum Gasteiger partial charge on any atom is -0.494 e. The van der Waals surface area contributed by atoms with Gasteiger partial charge in [-0.25, -0.2) is 0 Å². The summed E-state index contributed by atoms with van der Waals surface area (Å²) in [7, 11) is 0. The molecule has 32 heavy (non-hydrogen) atoms. The van der Waals surface area contributed by atoms with Gasteiger partial charge in [0.2, 0.25) is 5.91 Å². The lowest BCUT2D eigenvalue weighted by Crippen LogP contribution is -2.24. The molecule has 5 nitrogen and oxygen atoms in total. The molecule has 0 spiro atoms. The van der Waals surface area contributed by atoms with E-state index in [2.05, 4.69) is 10.6 Å². The third-order valence-corrected chi connectivity index (χ3v) is 6.14. The summed E-state index contributed by atoms with van der Waals surface area (Å²) in [5.41, 5.74) is 3.14. The van der Waals surface area contributed by atoms with E-state index in [-0.39, 0.29) is 17.1 Å². The fourth-order valence-corrected chi connectivity index (χ4v) is 4.08. The Morgan fingerprint density at radius 2 is 1.62 bits per heavy atom. The minimum atomic E-state index is -0.260. The number of hydrogen-bond acceptors (Lipinski definition) is 4. The third-order valence-electron chi connectivity index (χ3n) is 4.78. The number of benzene rings is 3. The van der Waals surface area contributed by atoms with Crippen LogP contribution >= 0.6 is 11.8 Å². The van der Waals surface area contributed by atoms with Gasteiger partial charge in [0.1, 0.15) is 5.75 Å². The van der Waals surface area contributed by atoms with Gasteiger partial charge in [0, 0.05) is 21.8 Å². The van der Waals surface area contributed by atoms with Gasteiger partial charge in [-0.2, -0.15) is 0 Å². The Morgan fingerprint density at radius 1 is 0.906 bits per heavy atom. The molecule has 0 aliphatic heterocycles. The zero-order valence-corrected chi connectivity index (χ0v) is 19.4. The highest BCUT2D eigenvalue weighted by atomic mass is 32.2. The van der Waals surface area contributed by atoms with Crippen molar-refractivity contribution in [2.75, 3.05) is 17.2 Å². The average Bonchev–Trinajstić information content (AvgIpc) is 2.79. The smallest absolute Gasteiger partial charge is 0.255 e. The van der Waals surface area contributed by atoms with E-state index in [0.29, 0.717) is 24.3 Å². The average molecular weight is 449 g/mol. The predicted molar refractivity (Wildman–Crippen MR) is 132 cm³/mol. The van der Waals surface area contributed by atoms with Gasteiger partial charge >= 0.3 is 0 Å². The molecule has 3 rings (SSSR count). The molecule has 0 heterocycles. The second-order valence-electron chi connectivity index (χ2n) is 7.31. The molecule has 0 aliphatic carbocycles. The molecule has 0 fully saturated rings. The highest BCUT2D eigenvalue weighted by Crippen LogP contribution is 2.29. The molecule has 6 heteroatoms. The van der Waals surface area contributed by atoms with Crippen LogP contribution in [0.25, 0.3) is 0 Å². The first-order valence-corrected chi connectivity index (χ1v) is 11.5. The van der Waals surface area contributed by atoms with Gasteiger partial charge in [-0.05, 0) is 74.9 Å². The standard InChI is InChI=1S/C26H28N2O3S/c1-4-24(26(30)27-20-13-15-22(16-14-20)31-5-2)32-23-8-6-7-21(17-23)28-25(29)19-11-9-18(3)10-12-19/h6-17,24H,4-5H2,1-3H3,(H,27,30)(H,28,29). The van der Waals surface area contributed by atoms with Gasteiger partial charge < -0.3 is 15.4 Å². The first kappa shape index (κ1) is 23.4. The van der Waals surface area contributed by atoms with E-state index in [0.717, 1.165) is 21.9 Å². The summed E-state index contributed by atoms with van der Waals surface area (Å²) in [6.07, 6.45) is 0.674. The summed E-state index contributed by atoms with van der Waals surface area (Å²) in [6.45, 7) is 6.50. The number of thioether (sulfide) groups is 1. The van der Waals surface area contributed by atoms with Crippen LogP contribution in [-0.4, -0.2) is 23.7 Å². The molecule has 3 aromatic carbocycles. The highest BCUT2D eigenvalue weighted by Gasteiger charge is 2.18. The largest absolute Gasteiger partial charge is 0.494 e. The maximum atomic E-state index is 12.8. The van der Waals surface area contributed by atoms with Crippen molar-refractivity contribution in [3.8, 4) is 5.75 Å². The molecule has 0 saturated carbocycles. The van der Waals surface area contributed by atoms with Gasteiger partial charge in [0.25, 0.3) is 5.91 Å². The highest BCUT2D eigenvalue weighted by molar-refractivity contribution is 8.00. The molecule has 3 aromatic rings. The maximum Gasteiger partial charge on any atom is 0.255 e. The van der Waals surface area contributed by atoms with Gasteiger partial charge in [-0.3, -0.25) is 9.59 Å². The summed E-state index contributed by atoms with van der Waals surface area (Å²) in [5.74, 6) is 0.555. The topological polar surface area (TPSA) is 67.4 Å². The monoisotopic (exact) mass is 448 g/mol. The molecule has 0 radical (unpaired) electrons. The molecule has 2 amide bonds. The fraction of sp³-hybridized carbons (Fsp3) is 0.231. The summed E-state index contributed by atoms with van der Waals surface area (Å²) in [6, 6.07) is 22.4. The van der Waals surface area contributed by atoms with Crippen molar-refractivity contribution in [3.05, 3.63) is 83.9 Å². The number of carbonyl (C=O) groups excluding carboxylic acids is 2. The van der Waals surface area contributed by atoms with Crippen LogP contribution in [0.15, 0.2) is 77.7 Å². The quantitative estimate of drug-likeness (QED) is 0.385. The number of hydrogen-bond donors (Lipinski definition) is 2. The van der Waals surface area contributed by atoms with Gasteiger partial charge in [0.05, 0.1) is 11.9 Å². The van der Waals surface area contributed by atoms with Gasteiger partial charge in [-0.1, -0.05) is 30.7 Å². The van der Waals surface area contributed by atoms with E-state index in [1.165, 1.54) is 11.8 Å². The van der Waals surface area contributed by atoms with Crippen LogP contribution in [0.1, 0.15) is 36.2 Å². The van der Waals surface area contributed by atoms with Crippen LogP contribution < -0.4 is 15.4 Å². The molecule has 0 aliphatic rings. The lowest BCUT2D eigenvalue weighted by atomic mass is 10.1. The first-order chi connectivity index (χ1) is 15.5. The summed E-state index contributed by atoms with van der Waals surface area (Å²) in [5, 5.41) is 5.64. The summed E-state index contributed by atoms with van der Waals surface area (Å²) in [4.78, 5) is 26.2. The molecule has 1 unspecified atom stereocenters. The van der Waals surface area contributed by atoms with Gasteiger partial charge in [0.15, 0.2) is 0 Å². The van der Waals surface area contributed by atoms with Crippen LogP contribution in [0.4, 0.5) is 11.4 Å². The SMILES string of the molecule is CCOc1ccc(NC(=O)C(CC)Sc2cccc(NC(=O)c3ccc(C)cc3)c2)cc1. The second-order valence-corrected chi connectivity index (χ2v) is 8.59. The van der Waals surface area contributed by atoms with Crippen molar-refractivity contribution in [2.24, 2.45) is 0 Å². The van der Waals surface area contributed by atoms with E-state index >= 15 is 0 Å². The molecule has 2 N–H and O–H groups in total. The van der Waals surface area contributed by atoms with Crippen molar-refractivity contribution in [2.45, 2.75) is 37.3 Å². The van der Waals surface area contributed by atoms with Crippen LogP contribution in [-0.2, 0) is 4.79 Å². The van der Waals surface area contributed by atoms with Crippen molar-refractivity contribution in [3.63, 3.8) is 0 Å². The third kappa shape index (κ3) is 6.62. The van der Waals surface area contributed by atoms with Crippen molar-refractivity contribution in [1.82, 2.24) is 0 Å². The zero-order chi connectivity index (χ0) is 22.9. The Bertz CT molecular complexity index is 1050. The molecular formula is C26H28N2O3S. The fourth-order valence-electron chi connectivity index (χ4n) is 3.07. The number of rotatable bonds is 9. The Morgan fingerprint density at radius 3 is 2.28 bits per heavy atom. The Kier molecular flexibility index (Phi) is 8.34. The van der Waals surface area contributed by atoms with Crippen molar-refractivity contribution >= 4 is 35.0 Å². The lowest BCUT2D eigenvalue weighted by molar-refractivity contribution is -0.115. The van der Waals surface area contributed by atoms with E-state index in [1.54, 1.807) is 0 Å². The Hall–Kier alpha value is -3.25. The van der Waals surface area contributed by atoms with E-state index in [9.17, 15) is 9.59 Å². The van der Waals surface area contributed by atoms with E-state index in [4.69, 9.17) is 4.74 Å². The number of carbonyl (C=O) groups is 2. The molecule has 0 aromatic heterocycles. The summed E-state index contributed by atoms with van der Waals surface area (Å²) < 4.78 is 5.44. The molecule has 0 saturated heterocycles. The van der Waals surface area contributed by atoms with Crippen LogP contribution in [0, 0.1) is 6.92 Å². The number of ether oxygens (including phenoxy) is 1. The number of anilines is 2. The normalized spacial score (nSPS) is 11.5. The number of nitrogens with one attached hydrogen (secondary N) is 2. The zero-order valence-electron chi connectivity index (χ0n) is 18.6. The van der Waals surface area contributed by atoms with Crippen LogP contribution in [0.5, 0.6) is 5.75 Å². The Labute approximate surface area is 193 Å². The molecule has 1 atom stereocenters. The van der Waals surface area contributed by atoms with Crippen molar-refractivity contribution in [1.29, 1.82) is 0 Å². The van der Waals surface area contributed by atoms with Crippen LogP contribution in [0.3, 0.4) is 0 Å². The molecule has 166 valence electrons. The lowest BCUT2D eigenvalue weighted by Gasteiger charge is -2.16. The van der Waals surface area contributed by atoms with Crippen molar-refractivity contribution < 1.29 is 14.3 Å².